The molecule has 3 rings (SSSR count). The third kappa shape index (κ3) is 4.55. The lowest BCUT2D eigenvalue weighted by Crippen LogP contribution is -2.24. The fraction of sp³-hybridized carbons (Fsp3) is 0.278. The van der Waals surface area contributed by atoms with E-state index in [0.29, 0.717) is 17.7 Å². The van der Waals surface area contributed by atoms with E-state index in [9.17, 15) is 13.2 Å². The zero-order valence-corrected chi connectivity index (χ0v) is 17.6. The summed E-state index contributed by atoms with van der Waals surface area (Å²) in [6.45, 7) is 0. The van der Waals surface area contributed by atoms with E-state index < -0.39 is 18.0 Å². The molecule has 0 bridgehead atoms. The van der Waals surface area contributed by atoms with Gasteiger partial charge in [0, 0.05) is 23.8 Å². The van der Waals surface area contributed by atoms with Crippen LogP contribution in [0.25, 0.3) is 0 Å². The summed E-state index contributed by atoms with van der Waals surface area (Å²) in [4.78, 5) is 4.33. The first kappa shape index (κ1) is 20.8. The zero-order chi connectivity index (χ0) is 20.3. The second-order valence-electron chi connectivity index (χ2n) is 6.18. The van der Waals surface area contributed by atoms with Crippen LogP contribution in [0.2, 0.25) is 0 Å². The molecule has 0 saturated carbocycles. The number of aromatic nitrogens is 1. The van der Waals surface area contributed by atoms with Crippen molar-refractivity contribution < 1.29 is 17.9 Å². The SMILES string of the molecule is N#Cc1cnc2c(c1)CCCC2Oc1ccc(NPI)c(C(=N)C(F)(F)F)c1. The van der Waals surface area contributed by atoms with Crippen LogP contribution in [0, 0.1) is 16.7 Å². The number of hydrogen-bond donors (Lipinski definition) is 2. The van der Waals surface area contributed by atoms with Gasteiger partial charge in [0.2, 0.25) is 0 Å². The molecule has 2 aromatic rings. The van der Waals surface area contributed by atoms with Gasteiger partial charge < -0.3 is 9.82 Å². The quantitative estimate of drug-likeness (QED) is 0.303. The summed E-state index contributed by atoms with van der Waals surface area (Å²) in [5.74, 6) is 0.246. The van der Waals surface area contributed by atoms with Crippen LogP contribution in [0.1, 0.15) is 41.3 Å². The number of benzene rings is 1. The van der Waals surface area contributed by atoms with Crippen LogP contribution in [0.4, 0.5) is 18.9 Å². The van der Waals surface area contributed by atoms with Gasteiger partial charge in [0.05, 0.1) is 11.3 Å². The maximum absolute atomic E-state index is 13.1. The Hall–Kier alpha value is -1.92. The number of nitriles is 1. The minimum absolute atomic E-state index is 0.163. The minimum atomic E-state index is -4.75. The zero-order valence-electron chi connectivity index (χ0n) is 14.4. The lowest BCUT2D eigenvalue weighted by atomic mass is 9.92. The number of fused-ring (bicyclic) bond motifs is 1. The molecule has 1 aliphatic carbocycles. The summed E-state index contributed by atoms with van der Waals surface area (Å²) < 4.78 is 45.2. The number of aryl methyl sites for hydroxylation is 1. The van der Waals surface area contributed by atoms with E-state index in [1.807, 2.05) is 22.0 Å². The van der Waals surface area contributed by atoms with Crippen LogP contribution < -0.4 is 9.82 Å². The minimum Gasteiger partial charge on any atom is -0.484 e. The van der Waals surface area contributed by atoms with Crippen molar-refractivity contribution in [2.45, 2.75) is 31.5 Å². The Morgan fingerprint density at radius 2 is 2.18 bits per heavy atom. The van der Waals surface area contributed by atoms with Gasteiger partial charge in [0.25, 0.3) is 0 Å². The van der Waals surface area contributed by atoms with Crippen LogP contribution in [0.5, 0.6) is 5.75 Å². The molecule has 1 aliphatic rings. The number of nitrogens with zero attached hydrogens (tertiary/aromatic N) is 2. The Balaban J connectivity index is 1.92. The van der Waals surface area contributed by atoms with Crippen LogP contribution in [0.3, 0.4) is 0 Å². The van der Waals surface area contributed by atoms with E-state index in [-0.39, 0.29) is 23.4 Å². The lowest BCUT2D eigenvalue weighted by Gasteiger charge is -2.26. The van der Waals surface area contributed by atoms with E-state index in [2.05, 4.69) is 16.1 Å². The number of pyridine rings is 1. The Bertz CT molecular complexity index is 945. The van der Waals surface area contributed by atoms with Gasteiger partial charge in [-0.25, -0.2) is 0 Å². The predicted octanol–water partition coefficient (Wildman–Crippen LogP) is 5.70. The Kier molecular flexibility index (Phi) is 6.40. The van der Waals surface area contributed by atoms with Gasteiger partial charge in [-0.3, -0.25) is 10.4 Å². The van der Waals surface area contributed by atoms with E-state index in [1.54, 1.807) is 12.1 Å². The average molecular weight is 518 g/mol. The van der Waals surface area contributed by atoms with Crippen LogP contribution in [0.15, 0.2) is 30.5 Å². The highest BCUT2D eigenvalue weighted by Gasteiger charge is 2.37. The molecule has 5 nitrogen and oxygen atoms in total. The molecule has 0 amide bonds. The van der Waals surface area contributed by atoms with Crippen molar-refractivity contribution in [1.29, 1.82) is 10.7 Å². The molecule has 2 N–H and O–H groups in total. The second kappa shape index (κ2) is 8.62. The highest BCUT2D eigenvalue weighted by molar-refractivity contribution is 14.2. The normalized spacial score (nSPS) is 16.5. The molecule has 0 fully saturated rings. The van der Waals surface area contributed by atoms with Crippen molar-refractivity contribution in [2.75, 3.05) is 5.09 Å². The second-order valence-corrected chi connectivity index (χ2v) is 8.24. The summed E-state index contributed by atoms with van der Waals surface area (Å²) >= 11 is 2.01. The van der Waals surface area contributed by atoms with Crippen LogP contribution >= 0.6 is 28.4 Å². The van der Waals surface area contributed by atoms with Gasteiger partial charge in [-0.05, 0) is 71.1 Å². The molecule has 2 unspecified atom stereocenters. The van der Waals surface area contributed by atoms with Gasteiger partial charge in [-0.2, -0.15) is 18.4 Å². The summed E-state index contributed by atoms with van der Waals surface area (Å²) in [7, 11) is 0. The number of ether oxygens (including phenoxy) is 1. The maximum atomic E-state index is 13.1. The number of halogens is 4. The monoisotopic (exact) mass is 518 g/mol. The molecule has 0 spiro atoms. The Morgan fingerprint density at radius 3 is 2.86 bits per heavy atom. The molecule has 1 aromatic heterocycles. The molecular formula is C18H15F3IN4OP. The van der Waals surface area contributed by atoms with Crippen molar-refractivity contribution in [3.63, 3.8) is 0 Å². The van der Waals surface area contributed by atoms with Gasteiger partial charge in [0.1, 0.15) is 23.6 Å². The van der Waals surface area contributed by atoms with E-state index in [0.717, 1.165) is 18.4 Å². The summed E-state index contributed by atoms with van der Waals surface area (Å²) in [5, 5.41) is 19.4. The number of anilines is 1. The van der Waals surface area contributed by atoms with Crippen LogP contribution in [-0.2, 0) is 6.42 Å². The first-order chi connectivity index (χ1) is 13.3. The standard InChI is InChI=1S/C18H15F3IN4OP/c19-18(20,21)17(24)13-7-12(4-5-14(13)26-28-22)27-15-3-1-2-11-6-10(8-23)9-25-16(11)15/h4-7,9,15,24,26,28H,1-3H2. The smallest absolute Gasteiger partial charge is 0.433 e. The van der Waals surface area contributed by atoms with Crippen LogP contribution in [-0.4, -0.2) is 16.9 Å². The van der Waals surface area contributed by atoms with Gasteiger partial charge in [-0.1, -0.05) is 0 Å². The molecule has 0 radical (unpaired) electrons. The summed E-state index contributed by atoms with van der Waals surface area (Å²) in [5.41, 5.74) is 0.657. The van der Waals surface area contributed by atoms with Gasteiger partial charge in [-0.15, -0.1) is 0 Å². The molecule has 10 heteroatoms. The van der Waals surface area contributed by atoms with Crippen molar-refractivity contribution in [3.8, 4) is 11.8 Å². The summed E-state index contributed by atoms with van der Waals surface area (Å²) in [6, 6.07) is 8.15. The van der Waals surface area contributed by atoms with Crippen molar-refractivity contribution in [1.82, 2.24) is 4.98 Å². The molecule has 0 aliphatic heterocycles. The fourth-order valence-electron chi connectivity index (χ4n) is 3.08. The van der Waals surface area contributed by atoms with Crippen molar-refractivity contribution in [2.24, 2.45) is 0 Å². The highest BCUT2D eigenvalue weighted by atomic mass is 127. The molecule has 1 heterocycles. The largest absolute Gasteiger partial charge is 0.484 e. The number of hydrogen-bond acceptors (Lipinski definition) is 5. The molecule has 0 saturated heterocycles. The number of nitrogens with one attached hydrogen (secondary N) is 2. The van der Waals surface area contributed by atoms with Gasteiger partial charge in [0.15, 0.2) is 0 Å². The Morgan fingerprint density at radius 1 is 1.39 bits per heavy atom. The molecule has 146 valence electrons. The van der Waals surface area contributed by atoms with Crippen molar-refractivity contribution in [3.05, 3.63) is 52.8 Å². The van der Waals surface area contributed by atoms with E-state index in [4.69, 9.17) is 15.4 Å². The molecule has 2 atom stereocenters. The first-order valence-corrected chi connectivity index (χ1v) is 12.4. The third-order valence-corrected chi connectivity index (χ3v) is 5.52. The molecular weight excluding hydrogens is 503 g/mol. The number of rotatable bonds is 5. The highest BCUT2D eigenvalue weighted by Crippen LogP contribution is 2.37. The average Bonchev–Trinajstić information content (AvgIpc) is 2.67. The van der Waals surface area contributed by atoms with Gasteiger partial charge >= 0.3 is 6.18 Å². The topological polar surface area (TPSA) is 81.8 Å². The number of alkyl halides is 3. The fourth-order valence-corrected chi connectivity index (χ4v) is 4.27. The molecule has 1 aromatic carbocycles. The van der Waals surface area contributed by atoms with Crippen molar-refractivity contribution >= 4 is 39.8 Å². The Labute approximate surface area is 174 Å². The summed E-state index contributed by atoms with van der Waals surface area (Å²) in [6.07, 6.45) is -1.25. The van der Waals surface area contributed by atoms with E-state index in [1.165, 1.54) is 18.3 Å². The maximum Gasteiger partial charge on any atom is 0.433 e. The molecule has 28 heavy (non-hydrogen) atoms. The first-order valence-electron chi connectivity index (χ1n) is 8.31. The van der Waals surface area contributed by atoms with E-state index >= 15 is 0 Å². The lowest BCUT2D eigenvalue weighted by molar-refractivity contribution is -0.0587. The predicted molar refractivity (Wildman–Crippen MR) is 111 cm³/mol. The third-order valence-electron chi connectivity index (χ3n) is 4.35.